The fourth-order valence-electron chi connectivity index (χ4n) is 3.87. The number of rotatable bonds is 12. The lowest BCUT2D eigenvalue weighted by atomic mass is 10.0. The van der Waals surface area contributed by atoms with Gasteiger partial charge >= 0.3 is 11.9 Å². The van der Waals surface area contributed by atoms with E-state index in [2.05, 4.69) is 10.6 Å². The molecule has 0 heterocycles. The third kappa shape index (κ3) is 9.22. The highest BCUT2D eigenvalue weighted by atomic mass is 19.1. The van der Waals surface area contributed by atoms with Crippen LogP contribution in [0.4, 0.5) is 8.78 Å². The maximum absolute atomic E-state index is 13.1. The predicted molar refractivity (Wildman–Crippen MR) is 151 cm³/mol. The van der Waals surface area contributed by atoms with Gasteiger partial charge in [0.2, 0.25) is 0 Å². The lowest BCUT2D eigenvalue weighted by Gasteiger charge is -2.21. The van der Waals surface area contributed by atoms with Gasteiger partial charge in [0.05, 0.1) is 0 Å². The van der Waals surface area contributed by atoms with Crippen LogP contribution in [0.3, 0.4) is 0 Å². The summed E-state index contributed by atoms with van der Waals surface area (Å²) in [5, 5.41) is 5.28. The van der Waals surface area contributed by atoms with Gasteiger partial charge in [-0.25, -0.2) is 18.4 Å². The van der Waals surface area contributed by atoms with Crippen LogP contribution >= 0.6 is 0 Å². The van der Waals surface area contributed by atoms with Gasteiger partial charge in [0, 0.05) is 11.1 Å². The van der Waals surface area contributed by atoms with Crippen molar-refractivity contribution < 1.29 is 37.4 Å². The smallest absolute Gasteiger partial charge is 0.329 e. The van der Waals surface area contributed by atoms with E-state index < -0.39 is 47.5 Å². The number of benzene rings is 3. The van der Waals surface area contributed by atoms with Crippen molar-refractivity contribution in [3.63, 3.8) is 0 Å². The molecule has 10 heteroatoms. The van der Waals surface area contributed by atoms with E-state index in [4.69, 9.17) is 9.47 Å². The molecule has 3 rings (SSSR count). The van der Waals surface area contributed by atoms with E-state index in [-0.39, 0.29) is 36.2 Å². The molecule has 8 nitrogen and oxygen atoms in total. The fourth-order valence-corrected chi connectivity index (χ4v) is 3.87. The normalized spacial score (nSPS) is 12.4. The standard InChI is InChI=1S/C32H34F2N2O6/c1-19(2)27(35-29(37)23-9-13-25(33)14-10-23)31(39)41-17-21-5-7-22(8-6-21)18-42-32(40)28(20(3)4)36-30(38)24-11-15-26(34)16-12-24/h5-16,19-20,27-28H,17-18H2,1-4H3,(H,35,37)(H,36,38). The Bertz CT molecular complexity index is 1270. The average molecular weight is 581 g/mol. The van der Waals surface area contributed by atoms with Gasteiger partial charge in [-0.2, -0.15) is 0 Å². The van der Waals surface area contributed by atoms with Gasteiger partial charge in [0.1, 0.15) is 36.9 Å². The molecule has 3 aromatic rings. The van der Waals surface area contributed by atoms with Crippen LogP contribution in [0.1, 0.15) is 59.5 Å². The second-order valence-electron chi connectivity index (χ2n) is 10.4. The summed E-state index contributed by atoms with van der Waals surface area (Å²) >= 11 is 0. The van der Waals surface area contributed by atoms with Crippen LogP contribution in [0.5, 0.6) is 0 Å². The Labute approximate surface area is 243 Å². The number of carbonyl (C=O) groups excluding carboxylic acids is 4. The molecule has 2 atom stereocenters. The summed E-state index contributed by atoms with van der Waals surface area (Å²) in [5.41, 5.74) is 1.80. The molecular weight excluding hydrogens is 546 g/mol. The highest BCUT2D eigenvalue weighted by molar-refractivity contribution is 5.97. The van der Waals surface area contributed by atoms with E-state index >= 15 is 0 Å². The van der Waals surface area contributed by atoms with Crippen molar-refractivity contribution in [1.29, 1.82) is 0 Å². The maximum atomic E-state index is 13.1. The van der Waals surface area contributed by atoms with Crippen LogP contribution < -0.4 is 10.6 Å². The Morgan fingerprint density at radius 1 is 0.571 bits per heavy atom. The number of halogens is 2. The minimum Gasteiger partial charge on any atom is -0.459 e. The Hall–Kier alpha value is -4.60. The van der Waals surface area contributed by atoms with Crippen LogP contribution in [-0.2, 0) is 32.3 Å². The van der Waals surface area contributed by atoms with Gasteiger partial charge in [-0.3, -0.25) is 9.59 Å². The lowest BCUT2D eigenvalue weighted by molar-refractivity contribution is -0.149. The summed E-state index contributed by atoms with van der Waals surface area (Å²) in [4.78, 5) is 50.4. The van der Waals surface area contributed by atoms with Gasteiger partial charge in [-0.15, -0.1) is 0 Å². The molecule has 3 aromatic carbocycles. The molecule has 0 fully saturated rings. The van der Waals surface area contributed by atoms with E-state index in [0.29, 0.717) is 11.1 Å². The molecule has 2 amide bonds. The molecule has 0 bridgehead atoms. The molecule has 42 heavy (non-hydrogen) atoms. The van der Waals surface area contributed by atoms with Crippen LogP contribution in [0.15, 0.2) is 72.8 Å². The van der Waals surface area contributed by atoms with Crippen molar-refractivity contribution in [1.82, 2.24) is 10.6 Å². The van der Waals surface area contributed by atoms with Crippen molar-refractivity contribution in [2.45, 2.75) is 53.0 Å². The Morgan fingerprint density at radius 3 is 1.17 bits per heavy atom. The number of ether oxygens (including phenoxy) is 2. The number of carbonyl (C=O) groups is 4. The number of nitrogens with one attached hydrogen (secondary N) is 2. The van der Waals surface area contributed by atoms with E-state index in [0.717, 1.165) is 0 Å². The monoisotopic (exact) mass is 580 g/mol. The average Bonchev–Trinajstić information content (AvgIpc) is 2.96. The van der Waals surface area contributed by atoms with E-state index in [1.165, 1.54) is 48.5 Å². The topological polar surface area (TPSA) is 111 Å². The van der Waals surface area contributed by atoms with Gasteiger partial charge in [0.15, 0.2) is 0 Å². The summed E-state index contributed by atoms with van der Waals surface area (Å²) < 4.78 is 37.1. The lowest BCUT2D eigenvalue weighted by Crippen LogP contribution is -2.45. The predicted octanol–water partition coefficient (Wildman–Crippen LogP) is 4.96. The van der Waals surface area contributed by atoms with Crippen LogP contribution in [0.25, 0.3) is 0 Å². The number of amides is 2. The van der Waals surface area contributed by atoms with Gasteiger partial charge in [-0.05, 0) is 71.5 Å². The molecule has 0 aliphatic carbocycles. The third-order valence-electron chi connectivity index (χ3n) is 6.41. The summed E-state index contributed by atoms with van der Waals surface area (Å²) in [7, 11) is 0. The van der Waals surface area contributed by atoms with Crippen LogP contribution in [-0.4, -0.2) is 35.8 Å². The molecule has 0 spiro atoms. The summed E-state index contributed by atoms with van der Waals surface area (Å²) in [6.45, 7) is 6.99. The molecule has 0 saturated heterocycles. The first-order valence-electron chi connectivity index (χ1n) is 13.5. The molecule has 0 aliphatic rings. The molecule has 0 radical (unpaired) electrons. The molecule has 222 valence electrons. The zero-order valence-corrected chi connectivity index (χ0v) is 23.9. The summed E-state index contributed by atoms with van der Waals surface area (Å²) in [5.74, 6) is -3.70. The zero-order chi connectivity index (χ0) is 30.8. The highest BCUT2D eigenvalue weighted by Crippen LogP contribution is 2.13. The molecular formula is C32H34F2N2O6. The number of hydrogen-bond donors (Lipinski definition) is 2. The van der Waals surface area contributed by atoms with E-state index in [1.807, 2.05) is 0 Å². The van der Waals surface area contributed by atoms with Gasteiger partial charge < -0.3 is 20.1 Å². The number of hydrogen-bond acceptors (Lipinski definition) is 6. The minimum absolute atomic E-state index is 0.0423. The Morgan fingerprint density at radius 2 is 0.881 bits per heavy atom. The number of esters is 2. The zero-order valence-electron chi connectivity index (χ0n) is 23.9. The first-order chi connectivity index (χ1) is 19.9. The molecule has 0 saturated carbocycles. The largest absolute Gasteiger partial charge is 0.459 e. The SMILES string of the molecule is CC(C)C(NC(=O)c1ccc(F)cc1)C(=O)OCc1ccc(COC(=O)C(NC(=O)c2ccc(F)cc2)C(C)C)cc1. The second-order valence-corrected chi connectivity index (χ2v) is 10.4. The van der Waals surface area contributed by atoms with Gasteiger partial charge in [0.25, 0.3) is 11.8 Å². The molecule has 2 N–H and O–H groups in total. The van der Waals surface area contributed by atoms with E-state index in [1.54, 1.807) is 52.0 Å². The van der Waals surface area contributed by atoms with Crippen molar-refractivity contribution in [2.24, 2.45) is 11.8 Å². The second kappa shape index (κ2) is 14.9. The summed E-state index contributed by atoms with van der Waals surface area (Å²) in [6.07, 6.45) is 0. The van der Waals surface area contributed by atoms with Crippen molar-refractivity contribution >= 4 is 23.8 Å². The van der Waals surface area contributed by atoms with Crippen LogP contribution in [0, 0.1) is 23.5 Å². The van der Waals surface area contributed by atoms with E-state index in [9.17, 15) is 28.0 Å². The minimum atomic E-state index is -0.904. The van der Waals surface area contributed by atoms with Gasteiger partial charge in [-0.1, -0.05) is 52.0 Å². The maximum Gasteiger partial charge on any atom is 0.329 e. The Balaban J connectivity index is 1.51. The molecule has 0 aliphatic heterocycles. The molecule has 0 aromatic heterocycles. The Kier molecular flexibility index (Phi) is 11.3. The fraction of sp³-hybridized carbons (Fsp3) is 0.312. The molecule has 2 unspecified atom stereocenters. The van der Waals surface area contributed by atoms with Crippen molar-refractivity contribution in [3.05, 3.63) is 107 Å². The third-order valence-corrected chi connectivity index (χ3v) is 6.41. The summed E-state index contributed by atoms with van der Waals surface area (Å²) in [6, 6.07) is 15.1. The quantitative estimate of drug-likeness (QED) is 0.293. The van der Waals surface area contributed by atoms with Crippen molar-refractivity contribution in [2.75, 3.05) is 0 Å². The first-order valence-corrected chi connectivity index (χ1v) is 13.5. The highest BCUT2D eigenvalue weighted by Gasteiger charge is 2.27. The first kappa shape index (κ1) is 31.9. The van der Waals surface area contributed by atoms with Crippen molar-refractivity contribution in [3.8, 4) is 0 Å². The van der Waals surface area contributed by atoms with Crippen LogP contribution in [0.2, 0.25) is 0 Å².